The second-order valence-electron chi connectivity index (χ2n) is 6.38. The van der Waals surface area contributed by atoms with Gasteiger partial charge in [0.15, 0.2) is 5.69 Å². The number of rotatable bonds is 7. The second kappa shape index (κ2) is 7.40. The van der Waals surface area contributed by atoms with Gasteiger partial charge in [0, 0.05) is 25.0 Å². The average molecular weight is 312 g/mol. The molecular weight excluding hydrogens is 288 g/mol. The zero-order chi connectivity index (χ0) is 16.9. The van der Waals surface area contributed by atoms with Gasteiger partial charge in [-0.2, -0.15) is 0 Å². The molecule has 124 valence electrons. The van der Waals surface area contributed by atoms with E-state index in [1.54, 1.807) is 0 Å². The zero-order valence-electron chi connectivity index (χ0n) is 13.7. The van der Waals surface area contributed by atoms with Crippen LogP contribution in [0.15, 0.2) is 10.6 Å². The van der Waals surface area contributed by atoms with Crippen LogP contribution in [0.5, 0.6) is 0 Å². The summed E-state index contributed by atoms with van der Waals surface area (Å²) in [5.74, 6) is -1.00. The van der Waals surface area contributed by atoms with Crippen LogP contribution in [0.1, 0.15) is 63.2 Å². The third kappa shape index (κ3) is 5.85. The molecule has 0 saturated heterocycles. The minimum atomic E-state index is -1.11. The largest absolute Gasteiger partial charge is 0.480 e. The first-order chi connectivity index (χ1) is 10.1. The molecule has 1 aromatic heterocycles. The first kappa shape index (κ1) is 18.2. The Morgan fingerprint density at radius 3 is 2.50 bits per heavy atom. The fraction of sp³-hybridized carbons (Fsp3) is 0.667. The number of nitrogens with one attached hydrogen (secondary N) is 1. The van der Waals surface area contributed by atoms with Crippen LogP contribution in [-0.2, 0) is 9.53 Å². The Balaban J connectivity index is 2.62. The van der Waals surface area contributed by atoms with Crippen molar-refractivity contribution < 1.29 is 24.0 Å². The minimum absolute atomic E-state index is 0.0756. The smallest absolute Gasteiger partial charge is 0.326 e. The molecule has 0 radical (unpaired) electrons. The summed E-state index contributed by atoms with van der Waals surface area (Å²) in [5.41, 5.74) is -0.280. The van der Waals surface area contributed by atoms with E-state index in [1.807, 2.05) is 34.6 Å². The van der Waals surface area contributed by atoms with Gasteiger partial charge in [-0.05, 0) is 20.8 Å². The summed E-state index contributed by atoms with van der Waals surface area (Å²) < 4.78 is 10.5. The molecule has 1 unspecified atom stereocenters. The number of nitrogens with zero attached hydrogens (tertiary/aromatic N) is 1. The van der Waals surface area contributed by atoms with Crippen molar-refractivity contribution in [2.45, 2.75) is 58.6 Å². The van der Waals surface area contributed by atoms with Gasteiger partial charge in [0.1, 0.15) is 11.8 Å². The summed E-state index contributed by atoms with van der Waals surface area (Å²) in [6.07, 6.45) is 0.174. The number of carboxylic acid groups (broad SMARTS) is 1. The molecule has 1 rings (SSSR count). The Kier molecular flexibility index (Phi) is 6.11. The van der Waals surface area contributed by atoms with Crippen molar-refractivity contribution in [3.63, 3.8) is 0 Å². The molecule has 0 aliphatic carbocycles. The van der Waals surface area contributed by atoms with Gasteiger partial charge in [-0.3, -0.25) is 4.79 Å². The second-order valence-corrected chi connectivity index (χ2v) is 6.38. The quantitative estimate of drug-likeness (QED) is 0.800. The Labute approximate surface area is 130 Å². The van der Waals surface area contributed by atoms with E-state index in [2.05, 4.69) is 10.5 Å². The van der Waals surface area contributed by atoms with E-state index < -0.39 is 17.9 Å². The molecule has 7 nitrogen and oxygen atoms in total. The van der Waals surface area contributed by atoms with E-state index in [4.69, 9.17) is 9.26 Å². The topological polar surface area (TPSA) is 102 Å². The predicted molar refractivity (Wildman–Crippen MR) is 79.8 cm³/mol. The van der Waals surface area contributed by atoms with Crippen LogP contribution in [-0.4, -0.2) is 40.4 Å². The Bertz CT molecular complexity index is 516. The highest BCUT2D eigenvalue weighted by Gasteiger charge is 2.23. The van der Waals surface area contributed by atoms with Gasteiger partial charge in [0.2, 0.25) is 0 Å². The predicted octanol–water partition coefficient (Wildman–Crippen LogP) is 2.19. The van der Waals surface area contributed by atoms with Crippen molar-refractivity contribution in [1.82, 2.24) is 10.5 Å². The van der Waals surface area contributed by atoms with Gasteiger partial charge >= 0.3 is 5.97 Å². The van der Waals surface area contributed by atoms with Gasteiger partial charge in [0.05, 0.1) is 5.60 Å². The molecule has 0 aliphatic heterocycles. The van der Waals surface area contributed by atoms with Crippen molar-refractivity contribution in [2.24, 2.45) is 0 Å². The maximum Gasteiger partial charge on any atom is 0.326 e. The first-order valence-electron chi connectivity index (χ1n) is 7.24. The van der Waals surface area contributed by atoms with Crippen LogP contribution in [0.3, 0.4) is 0 Å². The normalized spacial score (nSPS) is 13.2. The van der Waals surface area contributed by atoms with Crippen molar-refractivity contribution >= 4 is 11.9 Å². The molecule has 0 saturated carbocycles. The Morgan fingerprint density at radius 1 is 1.41 bits per heavy atom. The molecule has 0 bridgehead atoms. The van der Waals surface area contributed by atoms with Gasteiger partial charge in [0.25, 0.3) is 5.91 Å². The Hall–Kier alpha value is -1.89. The lowest BCUT2D eigenvalue weighted by Crippen LogP contribution is -2.42. The number of carbonyl (C=O) groups is 2. The van der Waals surface area contributed by atoms with Crippen LogP contribution < -0.4 is 5.32 Å². The van der Waals surface area contributed by atoms with Crippen molar-refractivity contribution in [3.05, 3.63) is 17.5 Å². The minimum Gasteiger partial charge on any atom is -0.480 e. The molecule has 1 amide bonds. The molecule has 22 heavy (non-hydrogen) atoms. The van der Waals surface area contributed by atoms with Gasteiger partial charge < -0.3 is 19.7 Å². The van der Waals surface area contributed by atoms with E-state index >= 15 is 0 Å². The lowest BCUT2D eigenvalue weighted by Gasteiger charge is -2.21. The van der Waals surface area contributed by atoms with E-state index in [0.717, 1.165) is 0 Å². The van der Waals surface area contributed by atoms with Gasteiger partial charge in [-0.25, -0.2) is 4.79 Å². The lowest BCUT2D eigenvalue weighted by atomic mass is 10.1. The van der Waals surface area contributed by atoms with Crippen LogP contribution in [0, 0.1) is 0 Å². The highest BCUT2D eigenvalue weighted by Crippen LogP contribution is 2.15. The maximum atomic E-state index is 12.0. The number of hydrogen-bond acceptors (Lipinski definition) is 5. The standard InChI is InChI=1S/C15H24N2O5/c1-9(2)12-8-11(17-22-12)13(18)16-10(14(19)20)6-7-21-15(3,4)5/h8-10H,6-7H2,1-5H3,(H,16,18)(H,19,20). The van der Waals surface area contributed by atoms with Crippen molar-refractivity contribution in [2.75, 3.05) is 6.61 Å². The van der Waals surface area contributed by atoms with E-state index in [0.29, 0.717) is 5.76 Å². The van der Waals surface area contributed by atoms with Crippen molar-refractivity contribution in [1.29, 1.82) is 0 Å². The molecule has 0 fully saturated rings. The van der Waals surface area contributed by atoms with Crippen molar-refractivity contribution in [3.8, 4) is 0 Å². The number of carbonyl (C=O) groups excluding carboxylic acids is 1. The number of aliphatic carboxylic acids is 1. The molecule has 0 spiro atoms. The van der Waals surface area contributed by atoms with Crippen LogP contribution in [0.2, 0.25) is 0 Å². The lowest BCUT2D eigenvalue weighted by molar-refractivity contribution is -0.140. The third-order valence-corrected chi connectivity index (χ3v) is 2.88. The van der Waals surface area contributed by atoms with Crippen LogP contribution in [0.4, 0.5) is 0 Å². The number of hydrogen-bond donors (Lipinski definition) is 2. The summed E-state index contributed by atoms with van der Waals surface area (Å²) in [4.78, 5) is 23.2. The third-order valence-electron chi connectivity index (χ3n) is 2.88. The molecule has 2 N–H and O–H groups in total. The number of amides is 1. The summed E-state index contributed by atoms with van der Waals surface area (Å²) >= 11 is 0. The van der Waals surface area contributed by atoms with E-state index in [1.165, 1.54) is 6.07 Å². The average Bonchev–Trinajstić information content (AvgIpc) is 2.85. The van der Waals surface area contributed by atoms with Crippen LogP contribution in [0.25, 0.3) is 0 Å². The fourth-order valence-electron chi connectivity index (χ4n) is 1.64. The monoisotopic (exact) mass is 312 g/mol. The van der Waals surface area contributed by atoms with E-state index in [9.17, 15) is 14.7 Å². The molecule has 0 aliphatic rings. The van der Waals surface area contributed by atoms with Crippen LogP contribution >= 0.6 is 0 Å². The number of ether oxygens (including phenoxy) is 1. The summed E-state index contributed by atoms with van der Waals surface area (Å²) in [6.45, 7) is 9.69. The molecule has 1 heterocycles. The fourth-order valence-corrected chi connectivity index (χ4v) is 1.64. The summed E-state index contributed by atoms with van der Waals surface area (Å²) in [6, 6.07) is 0.485. The molecule has 1 atom stereocenters. The summed E-state index contributed by atoms with van der Waals surface area (Å²) in [5, 5.41) is 15.3. The molecule has 0 aromatic carbocycles. The number of aromatic nitrogens is 1. The van der Waals surface area contributed by atoms with Gasteiger partial charge in [-0.1, -0.05) is 19.0 Å². The number of carboxylic acids is 1. The first-order valence-corrected chi connectivity index (χ1v) is 7.24. The molecular formula is C15H24N2O5. The molecule has 1 aromatic rings. The van der Waals surface area contributed by atoms with Gasteiger partial charge in [-0.15, -0.1) is 0 Å². The summed E-state index contributed by atoms with van der Waals surface area (Å²) in [7, 11) is 0. The Morgan fingerprint density at radius 2 is 2.05 bits per heavy atom. The SMILES string of the molecule is CC(C)c1cc(C(=O)NC(CCOC(C)(C)C)C(=O)O)no1. The van der Waals surface area contributed by atoms with E-state index in [-0.39, 0.29) is 30.2 Å². The maximum absolute atomic E-state index is 12.0. The molecule has 7 heteroatoms. The highest BCUT2D eigenvalue weighted by molar-refractivity contribution is 5.94. The highest BCUT2D eigenvalue weighted by atomic mass is 16.5. The zero-order valence-corrected chi connectivity index (χ0v) is 13.7.